The standard InChI is InChI=1S/C9H14Cl2/c1-3-5-6-9(11)8(4-2)7-10/h5-6H,3-4,7H2,1-2H3/b6-5-,9-8+. The topological polar surface area (TPSA) is 0 Å². The average Bonchev–Trinajstić information content (AvgIpc) is 2.03. The predicted molar refractivity (Wildman–Crippen MR) is 53.3 cm³/mol. The van der Waals surface area contributed by atoms with Crippen LogP contribution in [0.15, 0.2) is 22.8 Å². The molecular formula is C9H14Cl2. The van der Waals surface area contributed by atoms with E-state index in [1.165, 1.54) is 0 Å². The third kappa shape index (κ3) is 4.49. The fraction of sp³-hybridized carbons (Fsp3) is 0.556. The van der Waals surface area contributed by atoms with Gasteiger partial charge < -0.3 is 0 Å². The average molecular weight is 193 g/mol. The van der Waals surface area contributed by atoms with E-state index in [4.69, 9.17) is 23.2 Å². The highest BCUT2D eigenvalue weighted by Crippen LogP contribution is 2.15. The summed E-state index contributed by atoms with van der Waals surface area (Å²) in [7, 11) is 0. The Hall–Kier alpha value is 0.0600. The van der Waals surface area contributed by atoms with Crippen molar-refractivity contribution in [2.45, 2.75) is 26.7 Å². The minimum Gasteiger partial charge on any atom is -0.122 e. The van der Waals surface area contributed by atoms with Crippen LogP contribution in [-0.4, -0.2) is 5.88 Å². The molecule has 64 valence electrons. The lowest BCUT2D eigenvalue weighted by Crippen LogP contribution is -1.84. The number of halogens is 2. The summed E-state index contributed by atoms with van der Waals surface area (Å²) in [5, 5.41) is 0.796. The highest BCUT2D eigenvalue weighted by molar-refractivity contribution is 6.32. The van der Waals surface area contributed by atoms with Crippen LogP contribution in [0.3, 0.4) is 0 Å². The number of rotatable bonds is 4. The summed E-state index contributed by atoms with van der Waals surface area (Å²) in [6, 6.07) is 0. The summed E-state index contributed by atoms with van der Waals surface area (Å²) >= 11 is 11.6. The quantitative estimate of drug-likeness (QED) is 0.465. The normalized spacial score (nSPS) is 13.8. The molecular weight excluding hydrogens is 179 g/mol. The zero-order valence-corrected chi connectivity index (χ0v) is 8.54. The van der Waals surface area contributed by atoms with Gasteiger partial charge in [-0.3, -0.25) is 0 Å². The molecule has 0 unspecified atom stereocenters. The van der Waals surface area contributed by atoms with Crippen LogP contribution in [0.4, 0.5) is 0 Å². The van der Waals surface area contributed by atoms with E-state index in [2.05, 4.69) is 13.8 Å². The van der Waals surface area contributed by atoms with Crippen LogP contribution in [0, 0.1) is 0 Å². The van der Waals surface area contributed by atoms with Crippen molar-refractivity contribution in [2.24, 2.45) is 0 Å². The van der Waals surface area contributed by atoms with Gasteiger partial charge in [0, 0.05) is 10.9 Å². The third-order valence-electron chi connectivity index (χ3n) is 1.43. The number of hydrogen-bond acceptors (Lipinski definition) is 0. The van der Waals surface area contributed by atoms with Crippen molar-refractivity contribution in [1.29, 1.82) is 0 Å². The fourth-order valence-corrected chi connectivity index (χ4v) is 1.36. The molecule has 0 aliphatic rings. The largest absolute Gasteiger partial charge is 0.122 e. The van der Waals surface area contributed by atoms with E-state index in [1.54, 1.807) is 0 Å². The van der Waals surface area contributed by atoms with E-state index in [9.17, 15) is 0 Å². The first-order valence-electron chi connectivity index (χ1n) is 3.86. The molecule has 0 aliphatic heterocycles. The van der Waals surface area contributed by atoms with Crippen LogP contribution in [0.1, 0.15) is 26.7 Å². The van der Waals surface area contributed by atoms with Crippen molar-refractivity contribution in [2.75, 3.05) is 5.88 Å². The second-order valence-electron chi connectivity index (χ2n) is 2.25. The molecule has 11 heavy (non-hydrogen) atoms. The lowest BCUT2D eigenvalue weighted by atomic mass is 10.2. The van der Waals surface area contributed by atoms with Crippen molar-refractivity contribution in [3.8, 4) is 0 Å². The van der Waals surface area contributed by atoms with Crippen molar-refractivity contribution < 1.29 is 0 Å². The Balaban J connectivity index is 4.22. The summed E-state index contributed by atoms with van der Waals surface area (Å²) in [6.07, 6.45) is 5.89. The lowest BCUT2D eigenvalue weighted by Gasteiger charge is -1.99. The molecule has 0 heterocycles. The predicted octanol–water partition coefficient (Wildman–Crippen LogP) is 4.09. The van der Waals surface area contributed by atoms with Crippen molar-refractivity contribution in [1.82, 2.24) is 0 Å². The van der Waals surface area contributed by atoms with E-state index < -0.39 is 0 Å². The highest BCUT2D eigenvalue weighted by Gasteiger charge is 1.96. The minimum absolute atomic E-state index is 0.531. The Bertz CT molecular complexity index is 151. The molecule has 0 N–H and O–H groups in total. The van der Waals surface area contributed by atoms with Crippen molar-refractivity contribution >= 4 is 23.2 Å². The summed E-state index contributed by atoms with van der Waals surface area (Å²) in [4.78, 5) is 0. The number of allylic oxidation sites excluding steroid dienone is 4. The molecule has 0 saturated heterocycles. The first-order chi connectivity index (χ1) is 5.26. The van der Waals surface area contributed by atoms with Crippen LogP contribution in [0.25, 0.3) is 0 Å². The van der Waals surface area contributed by atoms with E-state index in [-0.39, 0.29) is 0 Å². The van der Waals surface area contributed by atoms with Gasteiger partial charge in [0.15, 0.2) is 0 Å². The maximum atomic E-state index is 5.93. The Morgan fingerprint density at radius 1 is 1.36 bits per heavy atom. The molecule has 0 saturated carbocycles. The first-order valence-corrected chi connectivity index (χ1v) is 4.77. The summed E-state index contributed by atoms with van der Waals surface area (Å²) in [5.74, 6) is 0.531. The summed E-state index contributed by atoms with van der Waals surface area (Å²) in [5.41, 5.74) is 1.11. The van der Waals surface area contributed by atoms with Crippen LogP contribution in [-0.2, 0) is 0 Å². The second kappa shape index (κ2) is 6.75. The molecule has 0 rings (SSSR count). The van der Waals surface area contributed by atoms with Gasteiger partial charge in [0.1, 0.15) is 0 Å². The van der Waals surface area contributed by atoms with Crippen LogP contribution < -0.4 is 0 Å². The minimum atomic E-state index is 0.531. The Morgan fingerprint density at radius 3 is 2.36 bits per heavy atom. The molecule has 0 amide bonds. The molecule has 0 radical (unpaired) electrons. The van der Waals surface area contributed by atoms with Crippen LogP contribution in [0.2, 0.25) is 0 Å². The van der Waals surface area contributed by atoms with Gasteiger partial charge in [-0.05, 0) is 24.5 Å². The molecule has 0 atom stereocenters. The molecule has 0 spiro atoms. The molecule has 0 bridgehead atoms. The molecule has 0 nitrogen and oxygen atoms in total. The van der Waals surface area contributed by atoms with Gasteiger partial charge in [0.2, 0.25) is 0 Å². The maximum absolute atomic E-state index is 5.93. The van der Waals surface area contributed by atoms with Crippen LogP contribution >= 0.6 is 23.2 Å². The number of alkyl halides is 1. The van der Waals surface area contributed by atoms with Gasteiger partial charge >= 0.3 is 0 Å². The molecule has 0 aliphatic carbocycles. The molecule has 2 heteroatoms. The monoisotopic (exact) mass is 192 g/mol. The Morgan fingerprint density at radius 2 is 2.00 bits per heavy atom. The van der Waals surface area contributed by atoms with Gasteiger partial charge in [-0.15, -0.1) is 11.6 Å². The molecule has 0 aromatic heterocycles. The Kier molecular flexibility index (Phi) is 6.79. The molecule has 0 aromatic carbocycles. The summed E-state index contributed by atoms with van der Waals surface area (Å²) in [6.45, 7) is 4.13. The van der Waals surface area contributed by atoms with Crippen molar-refractivity contribution in [3.63, 3.8) is 0 Å². The highest BCUT2D eigenvalue weighted by atomic mass is 35.5. The van der Waals surface area contributed by atoms with Crippen LogP contribution in [0.5, 0.6) is 0 Å². The lowest BCUT2D eigenvalue weighted by molar-refractivity contribution is 1.10. The smallest absolute Gasteiger partial charge is 0.0450 e. The maximum Gasteiger partial charge on any atom is 0.0450 e. The van der Waals surface area contributed by atoms with Gasteiger partial charge in [0.25, 0.3) is 0 Å². The van der Waals surface area contributed by atoms with Gasteiger partial charge in [-0.25, -0.2) is 0 Å². The first kappa shape index (κ1) is 11.1. The number of hydrogen-bond donors (Lipinski definition) is 0. The fourth-order valence-electron chi connectivity index (χ4n) is 0.666. The van der Waals surface area contributed by atoms with E-state index in [0.29, 0.717) is 5.88 Å². The van der Waals surface area contributed by atoms with Crippen molar-refractivity contribution in [3.05, 3.63) is 22.8 Å². The third-order valence-corrected chi connectivity index (χ3v) is 2.14. The van der Waals surface area contributed by atoms with Gasteiger partial charge in [-0.1, -0.05) is 31.5 Å². The summed E-state index contributed by atoms with van der Waals surface area (Å²) < 4.78 is 0. The molecule has 0 fully saturated rings. The van der Waals surface area contributed by atoms with Gasteiger partial charge in [0.05, 0.1) is 0 Å². The van der Waals surface area contributed by atoms with E-state index in [1.807, 2.05) is 12.2 Å². The molecule has 0 aromatic rings. The Labute approximate surface area is 78.9 Å². The SMILES string of the molecule is CC/C=C\C(Cl)=C(\CC)CCl. The zero-order chi connectivity index (χ0) is 8.69. The van der Waals surface area contributed by atoms with Gasteiger partial charge in [-0.2, -0.15) is 0 Å². The van der Waals surface area contributed by atoms with E-state index in [0.717, 1.165) is 23.4 Å². The second-order valence-corrected chi connectivity index (χ2v) is 2.92. The zero-order valence-electron chi connectivity index (χ0n) is 7.03. The van der Waals surface area contributed by atoms with E-state index >= 15 is 0 Å².